The van der Waals surface area contributed by atoms with Crippen LogP contribution < -0.4 is 5.32 Å². The summed E-state index contributed by atoms with van der Waals surface area (Å²) in [5, 5.41) is 3.51. The van der Waals surface area contributed by atoms with E-state index in [0.717, 1.165) is 77.7 Å². The predicted molar refractivity (Wildman–Crippen MR) is 110 cm³/mol. The number of benzene rings is 1. The molecule has 0 aliphatic carbocycles. The van der Waals surface area contributed by atoms with Gasteiger partial charge >= 0.3 is 0 Å². The number of ether oxygens (including phenoxy) is 2. The number of rotatable bonds is 8. The van der Waals surface area contributed by atoms with Crippen LogP contribution in [0.5, 0.6) is 0 Å². The highest BCUT2D eigenvalue weighted by molar-refractivity contribution is 5.80. The maximum absolute atomic E-state index is 5.85. The molecule has 0 radical (unpaired) electrons. The monoisotopic (exact) mass is 373 g/mol. The molecule has 0 aromatic heterocycles. The fraction of sp³-hybridized carbons (Fsp3) is 0.682. The molecule has 1 aromatic rings. The molecule has 1 N–H and O–H groups in total. The molecule has 0 bridgehead atoms. The molecule has 0 spiro atoms. The van der Waals surface area contributed by atoms with Crippen LogP contribution in [0.4, 0.5) is 0 Å². The first-order valence-electron chi connectivity index (χ1n) is 10.5. The van der Waals surface area contributed by atoms with E-state index >= 15 is 0 Å². The summed E-state index contributed by atoms with van der Waals surface area (Å²) in [7, 11) is 1.88. The first-order chi connectivity index (χ1) is 13.3. The molecule has 2 aliphatic rings. The van der Waals surface area contributed by atoms with Gasteiger partial charge in [-0.25, -0.2) is 0 Å². The van der Waals surface area contributed by atoms with Crippen LogP contribution >= 0.6 is 0 Å². The van der Waals surface area contributed by atoms with Crippen molar-refractivity contribution in [3.05, 3.63) is 35.9 Å². The van der Waals surface area contributed by atoms with Crippen molar-refractivity contribution < 1.29 is 9.47 Å². The van der Waals surface area contributed by atoms with Gasteiger partial charge in [-0.1, -0.05) is 30.3 Å². The number of aliphatic imine (C=N–C) groups is 1. The van der Waals surface area contributed by atoms with Gasteiger partial charge < -0.3 is 19.7 Å². The van der Waals surface area contributed by atoms with Crippen LogP contribution in [0.15, 0.2) is 35.3 Å². The van der Waals surface area contributed by atoms with E-state index in [0.29, 0.717) is 11.8 Å². The summed E-state index contributed by atoms with van der Waals surface area (Å²) in [6, 6.07) is 10.8. The van der Waals surface area contributed by atoms with E-state index in [1.165, 1.54) is 12.0 Å². The highest BCUT2D eigenvalue weighted by atomic mass is 16.5. The average molecular weight is 374 g/mol. The highest BCUT2D eigenvalue weighted by Crippen LogP contribution is 2.21. The maximum atomic E-state index is 5.85. The van der Waals surface area contributed by atoms with Crippen molar-refractivity contribution in [1.29, 1.82) is 0 Å². The molecule has 150 valence electrons. The normalized spacial score (nSPS) is 21.6. The molecule has 5 nitrogen and oxygen atoms in total. The molecule has 1 atom stereocenters. The molecule has 5 heteroatoms. The molecule has 2 fully saturated rings. The number of hydrogen-bond acceptors (Lipinski definition) is 3. The van der Waals surface area contributed by atoms with Crippen molar-refractivity contribution in [2.24, 2.45) is 16.8 Å². The van der Waals surface area contributed by atoms with Crippen molar-refractivity contribution in [2.75, 3.05) is 53.1 Å². The van der Waals surface area contributed by atoms with Crippen molar-refractivity contribution in [2.45, 2.75) is 32.1 Å². The van der Waals surface area contributed by atoms with Crippen molar-refractivity contribution >= 4 is 5.96 Å². The predicted octanol–water partition coefficient (Wildman–Crippen LogP) is 2.96. The van der Waals surface area contributed by atoms with Gasteiger partial charge in [0.15, 0.2) is 5.96 Å². The van der Waals surface area contributed by atoms with E-state index in [-0.39, 0.29) is 0 Å². The minimum Gasteiger partial charge on any atom is -0.381 e. The Labute approximate surface area is 164 Å². The number of likely N-dealkylation sites (tertiary alicyclic amines) is 1. The van der Waals surface area contributed by atoms with E-state index < -0.39 is 0 Å². The molecule has 2 saturated heterocycles. The number of nitrogens with zero attached hydrogens (tertiary/aromatic N) is 2. The third-order valence-electron chi connectivity index (χ3n) is 5.61. The third kappa shape index (κ3) is 6.82. The molecule has 1 unspecified atom stereocenters. The highest BCUT2D eigenvalue weighted by Gasteiger charge is 2.24. The van der Waals surface area contributed by atoms with Gasteiger partial charge in [0.25, 0.3) is 0 Å². The number of nitrogens with one attached hydrogen (secondary N) is 1. The van der Waals surface area contributed by atoms with E-state index in [1.807, 2.05) is 7.05 Å². The summed E-state index contributed by atoms with van der Waals surface area (Å²) < 4.78 is 11.2. The van der Waals surface area contributed by atoms with Crippen LogP contribution in [0.3, 0.4) is 0 Å². The summed E-state index contributed by atoms with van der Waals surface area (Å²) in [6.45, 7) is 6.59. The van der Waals surface area contributed by atoms with E-state index in [4.69, 9.17) is 9.47 Å². The van der Waals surface area contributed by atoms with Crippen LogP contribution in [-0.4, -0.2) is 64.0 Å². The molecule has 2 aliphatic heterocycles. The molecule has 2 heterocycles. The standard InChI is InChI=1S/C22H35N3O2/c1-23-22(24-11-5-13-27-18-20-9-14-26-15-10-20)25-12-8-21(17-25)16-19-6-3-2-4-7-19/h2-4,6-7,20-21H,5,8-18H2,1H3,(H,23,24). The van der Waals surface area contributed by atoms with Crippen molar-refractivity contribution in [3.8, 4) is 0 Å². The second kappa shape index (κ2) is 11.3. The van der Waals surface area contributed by atoms with Crippen LogP contribution in [-0.2, 0) is 15.9 Å². The second-order valence-electron chi connectivity index (χ2n) is 7.75. The van der Waals surface area contributed by atoms with Gasteiger partial charge in [0.2, 0.25) is 0 Å². The molecule has 27 heavy (non-hydrogen) atoms. The Morgan fingerprint density at radius 2 is 2.00 bits per heavy atom. The van der Waals surface area contributed by atoms with Gasteiger partial charge in [-0.05, 0) is 49.5 Å². The second-order valence-corrected chi connectivity index (χ2v) is 7.75. The molecular weight excluding hydrogens is 338 g/mol. The van der Waals surface area contributed by atoms with E-state index in [1.54, 1.807) is 0 Å². The summed E-state index contributed by atoms with van der Waals surface area (Å²) in [5.74, 6) is 2.44. The lowest BCUT2D eigenvalue weighted by atomic mass is 9.99. The van der Waals surface area contributed by atoms with Gasteiger partial charge in [-0.2, -0.15) is 0 Å². The molecule has 0 saturated carbocycles. The largest absolute Gasteiger partial charge is 0.381 e. The zero-order valence-electron chi connectivity index (χ0n) is 16.7. The average Bonchev–Trinajstić information content (AvgIpc) is 3.17. The van der Waals surface area contributed by atoms with Crippen LogP contribution in [0.25, 0.3) is 0 Å². The number of guanidine groups is 1. The van der Waals surface area contributed by atoms with Gasteiger partial charge in [0, 0.05) is 53.1 Å². The Morgan fingerprint density at radius 1 is 1.19 bits per heavy atom. The molecule has 0 amide bonds. The Kier molecular flexibility index (Phi) is 8.43. The Bertz CT molecular complexity index is 558. The quantitative estimate of drug-likeness (QED) is 0.432. The van der Waals surface area contributed by atoms with Gasteiger partial charge in [0.05, 0.1) is 0 Å². The summed E-state index contributed by atoms with van der Waals surface area (Å²) in [4.78, 5) is 6.88. The summed E-state index contributed by atoms with van der Waals surface area (Å²) >= 11 is 0. The van der Waals surface area contributed by atoms with Crippen molar-refractivity contribution in [3.63, 3.8) is 0 Å². The Hall–Kier alpha value is -1.59. The number of hydrogen-bond donors (Lipinski definition) is 1. The van der Waals surface area contributed by atoms with Crippen LogP contribution in [0.1, 0.15) is 31.2 Å². The minimum absolute atomic E-state index is 0.686. The third-order valence-corrected chi connectivity index (χ3v) is 5.61. The van der Waals surface area contributed by atoms with E-state index in [2.05, 4.69) is 45.5 Å². The summed E-state index contributed by atoms with van der Waals surface area (Å²) in [6.07, 6.45) is 5.70. The van der Waals surface area contributed by atoms with Gasteiger partial charge in [-0.3, -0.25) is 4.99 Å². The lowest BCUT2D eigenvalue weighted by molar-refractivity contribution is 0.0203. The minimum atomic E-state index is 0.686. The smallest absolute Gasteiger partial charge is 0.193 e. The zero-order chi connectivity index (χ0) is 18.7. The first-order valence-corrected chi connectivity index (χ1v) is 10.5. The Morgan fingerprint density at radius 3 is 2.78 bits per heavy atom. The lowest BCUT2D eigenvalue weighted by Crippen LogP contribution is -2.40. The van der Waals surface area contributed by atoms with Gasteiger partial charge in [0.1, 0.15) is 0 Å². The first kappa shape index (κ1) is 20.2. The molecular formula is C22H35N3O2. The van der Waals surface area contributed by atoms with E-state index in [9.17, 15) is 0 Å². The zero-order valence-corrected chi connectivity index (χ0v) is 16.7. The van der Waals surface area contributed by atoms with Crippen LogP contribution in [0, 0.1) is 11.8 Å². The fourth-order valence-electron chi connectivity index (χ4n) is 4.01. The van der Waals surface area contributed by atoms with Gasteiger partial charge in [-0.15, -0.1) is 0 Å². The van der Waals surface area contributed by atoms with Crippen LogP contribution in [0.2, 0.25) is 0 Å². The lowest BCUT2D eigenvalue weighted by Gasteiger charge is -2.23. The Balaban J connectivity index is 1.29. The molecule has 1 aromatic carbocycles. The maximum Gasteiger partial charge on any atom is 0.193 e. The molecule has 3 rings (SSSR count). The summed E-state index contributed by atoms with van der Waals surface area (Å²) in [5.41, 5.74) is 1.44. The fourth-order valence-corrected chi connectivity index (χ4v) is 4.01. The topological polar surface area (TPSA) is 46.1 Å². The van der Waals surface area contributed by atoms with Crippen molar-refractivity contribution in [1.82, 2.24) is 10.2 Å². The SMILES string of the molecule is CN=C(NCCCOCC1CCOCC1)N1CCC(Cc2ccccc2)C1.